The molecule has 2 unspecified atom stereocenters. The molecule has 0 aromatic heterocycles. The average Bonchev–Trinajstić information content (AvgIpc) is 3.09. The van der Waals surface area contributed by atoms with Gasteiger partial charge in [-0.05, 0) is 111 Å². The van der Waals surface area contributed by atoms with Crippen LogP contribution in [0.1, 0.15) is 91.4 Å². The van der Waals surface area contributed by atoms with Crippen molar-refractivity contribution in [3.8, 4) is 0 Å². The van der Waals surface area contributed by atoms with Gasteiger partial charge in [0, 0.05) is 13.0 Å². The summed E-state index contributed by atoms with van der Waals surface area (Å²) in [5, 5.41) is 12.8. The molecule has 0 aliphatic heterocycles. The SMILES string of the molecule is CC(CCC(=O)NCCS(=O)(=O)[O-])[C@H]1CC[C@H]2[C@@H]3CCC4C[C@H](O)CC[C@]4(C)[C@H]3CC[C@]12C.[Na+]. The second-order valence-electron chi connectivity index (χ2n) is 12.4. The third-order valence-corrected chi connectivity index (χ3v) is 11.6. The molecule has 4 fully saturated rings. The predicted octanol–water partition coefficient (Wildman–Crippen LogP) is 1.09. The fraction of sp³-hybridized carbons (Fsp3) is 0.962. The van der Waals surface area contributed by atoms with Gasteiger partial charge in [-0.1, -0.05) is 20.8 Å². The number of carbonyl (C=O) groups is 1. The van der Waals surface area contributed by atoms with Crippen LogP contribution < -0.4 is 34.9 Å². The normalized spacial score (nSPS) is 42.5. The van der Waals surface area contributed by atoms with Crippen LogP contribution in [0.15, 0.2) is 0 Å². The Kier molecular flexibility index (Phi) is 9.34. The zero-order chi connectivity index (χ0) is 24.0. The van der Waals surface area contributed by atoms with Crippen molar-refractivity contribution < 1.29 is 52.4 Å². The largest absolute Gasteiger partial charge is 1.00 e. The standard InChI is InChI=1S/C26H45NO5S.Na/c1-17(4-9-24(29)27-14-15-33(30,31)32)21-7-8-22-20-6-5-18-16-19(28)10-12-25(18,2)23(20)11-13-26(21,22)3;/h17-23,28H,4-16H2,1-3H3,(H,27,29)(H,30,31,32);/q;+1/p-1/t17?,18?,19-,20+,21-,22+,23+,25+,26-;/m1./s1. The van der Waals surface area contributed by atoms with Gasteiger partial charge in [0.1, 0.15) is 0 Å². The van der Waals surface area contributed by atoms with E-state index >= 15 is 0 Å². The van der Waals surface area contributed by atoms with Gasteiger partial charge in [0.15, 0.2) is 0 Å². The van der Waals surface area contributed by atoms with Gasteiger partial charge < -0.3 is 15.0 Å². The molecule has 0 radical (unpaired) electrons. The van der Waals surface area contributed by atoms with Crippen LogP contribution in [-0.4, -0.2) is 42.4 Å². The van der Waals surface area contributed by atoms with Crippen molar-refractivity contribution in [1.29, 1.82) is 0 Å². The molecule has 1 amide bonds. The summed E-state index contributed by atoms with van der Waals surface area (Å²) in [5.74, 6) is 3.49. The van der Waals surface area contributed by atoms with E-state index in [0.717, 1.165) is 37.0 Å². The Morgan fingerprint density at radius 3 is 2.44 bits per heavy atom. The molecule has 0 spiro atoms. The number of nitrogens with one attached hydrogen (secondary N) is 1. The number of aliphatic hydroxyl groups is 1. The molecule has 8 heteroatoms. The van der Waals surface area contributed by atoms with E-state index in [9.17, 15) is 22.9 Å². The number of carbonyl (C=O) groups excluding carboxylic acids is 1. The first-order valence-corrected chi connectivity index (χ1v) is 14.9. The summed E-state index contributed by atoms with van der Waals surface area (Å²) in [6.45, 7) is 7.26. The summed E-state index contributed by atoms with van der Waals surface area (Å²) in [6, 6.07) is 0. The topological polar surface area (TPSA) is 107 Å². The summed E-state index contributed by atoms with van der Waals surface area (Å²) in [7, 11) is -4.29. The molecule has 0 bridgehead atoms. The van der Waals surface area contributed by atoms with Gasteiger partial charge in [-0.2, -0.15) is 0 Å². The number of fused-ring (bicyclic) bond motifs is 5. The number of hydrogen-bond donors (Lipinski definition) is 2. The predicted molar refractivity (Wildman–Crippen MR) is 127 cm³/mol. The zero-order valence-corrected chi connectivity index (χ0v) is 24.5. The van der Waals surface area contributed by atoms with E-state index in [1.54, 1.807) is 0 Å². The first-order chi connectivity index (χ1) is 15.4. The van der Waals surface area contributed by atoms with Crippen molar-refractivity contribution in [2.75, 3.05) is 12.3 Å². The number of amides is 1. The Labute approximate surface area is 228 Å². The van der Waals surface area contributed by atoms with E-state index in [4.69, 9.17) is 0 Å². The van der Waals surface area contributed by atoms with Crippen LogP contribution in [0, 0.1) is 46.3 Å². The zero-order valence-electron chi connectivity index (χ0n) is 21.7. The smallest absolute Gasteiger partial charge is 0.748 e. The van der Waals surface area contributed by atoms with Crippen molar-refractivity contribution in [1.82, 2.24) is 5.32 Å². The maximum Gasteiger partial charge on any atom is 1.00 e. The number of rotatable bonds is 7. The van der Waals surface area contributed by atoms with Crippen LogP contribution in [0.25, 0.3) is 0 Å². The monoisotopic (exact) mass is 505 g/mol. The molecule has 190 valence electrons. The van der Waals surface area contributed by atoms with E-state index in [-0.39, 0.29) is 48.1 Å². The third-order valence-electron chi connectivity index (χ3n) is 10.9. The Hall–Kier alpha value is 0.340. The van der Waals surface area contributed by atoms with Gasteiger partial charge in [-0.15, -0.1) is 0 Å². The second-order valence-corrected chi connectivity index (χ2v) is 14.0. The molecule has 0 aromatic rings. The van der Waals surface area contributed by atoms with Gasteiger partial charge in [0.25, 0.3) is 0 Å². The first-order valence-electron chi connectivity index (χ1n) is 13.3. The summed E-state index contributed by atoms with van der Waals surface area (Å²) < 4.78 is 32.1. The van der Waals surface area contributed by atoms with E-state index in [2.05, 4.69) is 26.1 Å². The molecule has 4 aliphatic rings. The second kappa shape index (κ2) is 11.0. The molecule has 4 saturated carbocycles. The quantitative estimate of drug-likeness (QED) is 0.398. The maximum atomic E-state index is 12.2. The van der Waals surface area contributed by atoms with Gasteiger partial charge in [-0.3, -0.25) is 4.79 Å². The molecule has 0 aromatic carbocycles. The van der Waals surface area contributed by atoms with Crippen LogP contribution in [0.3, 0.4) is 0 Å². The summed E-state index contributed by atoms with van der Waals surface area (Å²) in [4.78, 5) is 12.2. The van der Waals surface area contributed by atoms with Crippen molar-refractivity contribution >= 4 is 16.0 Å². The van der Waals surface area contributed by atoms with Gasteiger partial charge in [-0.25, -0.2) is 8.42 Å². The fourth-order valence-corrected chi connectivity index (χ4v) is 9.53. The van der Waals surface area contributed by atoms with Crippen LogP contribution >= 0.6 is 0 Å². The van der Waals surface area contributed by atoms with Crippen LogP contribution in [0.5, 0.6) is 0 Å². The van der Waals surface area contributed by atoms with Crippen LogP contribution in [-0.2, 0) is 14.9 Å². The molecule has 2 N–H and O–H groups in total. The molecular formula is C26H44NNaO5S. The average molecular weight is 506 g/mol. The Balaban J connectivity index is 0.00000324. The molecule has 0 heterocycles. The minimum absolute atomic E-state index is 0. The van der Waals surface area contributed by atoms with Crippen molar-refractivity contribution in [2.45, 2.75) is 97.5 Å². The molecule has 4 aliphatic carbocycles. The van der Waals surface area contributed by atoms with Gasteiger partial charge in [0.05, 0.1) is 22.0 Å². The first kappa shape index (κ1) is 28.9. The number of aliphatic hydroxyl groups excluding tert-OH is 1. The summed E-state index contributed by atoms with van der Waals surface area (Å²) in [6.07, 6.45) is 12.0. The molecule has 4 rings (SSSR count). The van der Waals surface area contributed by atoms with Crippen molar-refractivity contribution in [3.63, 3.8) is 0 Å². The Morgan fingerprint density at radius 2 is 1.74 bits per heavy atom. The molecule has 0 saturated heterocycles. The van der Waals surface area contributed by atoms with Gasteiger partial charge >= 0.3 is 29.6 Å². The van der Waals surface area contributed by atoms with E-state index in [0.29, 0.717) is 35.0 Å². The maximum absolute atomic E-state index is 12.2. The van der Waals surface area contributed by atoms with Crippen LogP contribution in [0.2, 0.25) is 0 Å². The van der Waals surface area contributed by atoms with Crippen molar-refractivity contribution in [2.24, 2.45) is 46.3 Å². The van der Waals surface area contributed by atoms with Crippen LogP contribution in [0.4, 0.5) is 0 Å². The van der Waals surface area contributed by atoms with E-state index in [1.165, 1.54) is 44.9 Å². The fourth-order valence-electron chi connectivity index (χ4n) is 9.17. The minimum Gasteiger partial charge on any atom is -0.748 e. The number of hydrogen-bond acceptors (Lipinski definition) is 5. The van der Waals surface area contributed by atoms with Crippen molar-refractivity contribution in [3.05, 3.63) is 0 Å². The molecule has 34 heavy (non-hydrogen) atoms. The van der Waals surface area contributed by atoms with E-state index in [1.807, 2.05) is 0 Å². The summed E-state index contributed by atoms with van der Waals surface area (Å²) in [5.41, 5.74) is 0.758. The Morgan fingerprint density at radius 1 is 1.06 bits per heavy atom. The molecule has 9 atom stereocenters. The van der Waals surface area contributed by atoms with E-state index < -0.39 is 15.9 Å². The third kappa shape index (κ3) is 5.75. The Bertz CT molecular complexity index is 837. The van der Waals surface area contributed by atoms with Gasteiger partial charge in [0.2, 0.25) is 5.91 Å². The summed E-state index contributed by atoms with van der Waals surface area (Å²) >= 11 is 0. The molecular weight excluding hydrogens is 461 g/mol. The minimum atomic E-state index is -4.29. The molecule has 6 nitrogen and oxygen atoms in total.